The maximum absolute atomic E-state index is 12.6. The number of aromatic nitrogens is 1. The molecule has 0 saturated carbocycles. The third kappa shape index (κ3) is 3.25. The maximum atomic E-state index is 12.6. The first kappa shape index (κ1) is 16.9. The SMILES string of the molecule is O=C1NC(=O)/C(=C/c2cn(CC(=O)N3CCOCC3)c3ccccc23)S1. The van der Waals surface area contributed by atoms with E-state index in [1.165, 1.54) is 0 Å². The Hall–Kier alpha value is -2.58. The zero-order valence-electron chi connectivity index (χ0n) is 13.9. The fourth-order valence-electron chi connectivity index (χ4n) is 3.14. The number of hydrogen-bond donors (Lipinski definition) is 1. The van der Waals surface area contributed by atoms with Gasteiger partial charge in [0, 0.05) is 35.8 Å². The van der Waals surface area contributed by atoms with Gasteiger partial charge in [0.05, 0.1) is 18.1 Å². The second-order valence-corrected chi connectivity index (χ2v) is 7.09. The van der Waals surface area contributed by atoms with Gasteiger partial charge in [-0.05, 0) is 23.9 Å². The number of fused-ring (bicyclic) bond motifs is 1. The Morgan fingerprint density at radius 3 is 2.73 bits per heavy atom. The number of nitrogens with one attached hydrogen (secondary N) is 1. The van der Waals surface area contributed by atoms with Gasteiger partial charge in [-0.25, -0.2) is 0 Å². The molecule has 2 aliphatic rings. The lowest BCUT2D eigenvalue weighted by Crippen LogP contribution is -2.42. The fraction of sp³-hybridized carbons (Fsp3) is 0.278. The molecule has 2 saturated heterocycles. The minimum absolute atomic E-state index is 0.0384. The molecule has 0 unspecified atom stereocenters. The van der Waals surface area contributed by atoms with Gasteiger partial charge >= 0.3 is 0 Å². The standard InChI is InChI=1S/C18H17N3O4S/c22-16(20-5-7-25-8-6-20)11-21-10-12(13-3-1-2-4-14(13)21)9-15-17(23)19-18(24)26-15/h1-4,9-10H,5-8,11H2,(H,19,23,24)/b15-9-. The molecule has 8 heteroatoms. The van der Waals surface area contributed by atoms with Gasteiger partial charge in [-0.3, -0.25) is 19.7 Å². The molecule has 0 bridgehead atoms. The van der Waals surface area contributed by atoms with Crippen LogP contribution in [-0.2, 0) is 20.9 Å². The molecule has 0 radical (unpaired) electrons. The molecule has 3 heterocycles. The van der Waals surface area contributed by atoms with Crippen molar-refractivity contribution < 1.29 is 19.1 Å². The number of nitrogens with zero attached hydrogens (tertiary/aromatic N) is 2. The molecule has 1 aromatic carbocycles. The highest BCUT2D eigenvalue weighted by Crippen LogP contribution is 2.29. The quantitative estimate of drug-likeness (QED) is 0.833. The Bertz CT molecular complexity index is 928. The zero-order valence-corrected chi connectivity index (χ0v) is 14.8. The number of hydrogen-bond acceptors (Lipinski definition) is 5. The first-order valence-electron chi connectivity index (χ1n) is 8.30. The van der Waals surface area contributed by atoms with Crippen LogP contribution in [0.25, 0.3) is 17.0 Å². The molecule has 2 aromatic rings. The van der Waals surface area contributed by atoms with Crippen LogP contribution in [0.3, 0.4) is 0 Å². The van der Waals surface area contributed by atoms with Crippen molar-refractivity contribution in [3.05, 3.63) is 40.9 Å². The zero-order chi connectivity index (χ0) is 18.1. The van der Waals surface area contributed by atoms with Gasteiger partial charge in [-0.2, -0.15) is 0 Å². The number of amides is 3. The third-order valence-electron chi connectivity index (χ3n) is 4.42. The summed E-state index contributed by atoms with van der Waals surface area (Å²) in [6.45, 7) is 2.56. The van der Waals surface area contributed by atoms with Crippen LogP contribution in [0.5, 0.6) is 0 Å². The number of para-hydroxylation sites is 1. The van der Waals surface area contributed by atoms with Crippen molar-refractivity contribution in [2.24, 2.45) is 0 Å². The van der Waals surface area contributed by atoms with Gasteiger partial charge in [0.1, 0.15) is 6.54 Å². The normalized spacial score (nSPS) is 19.4. The third-order valence-corrected chi connectivity index (χ3v) is 5.23. The van der Waals surface area contributed by atoms with E-state index in [0.717, 1.165) is 28.2 Å². The Balaban J connectivity index is 1.66. The monoisotopic (exact) mass is 371 g/mol. The summed E-state index contributed by atoms with van der Waals surface area (Å²) in [4.78, 5) is 37.9. The number of ether oxygens (including phenoxy) is 1. The Morgan fingerprint density at radius 2 is 2.00 bits per heavy atom. The van der Waals surface area contributed by atoms with Crippen LogP contribution in [-0.4, -0.2) is 52.8 Å². The van der Waals surface area contributed by atoms with Crippen LogP contribution < -0.4 is 5.32 Å². The average molecular weight is 371 g/mol. The topological polar surface area (TPSA) is 80.6 Å². The van der Waals surface area contributed by atoms with E-state index in [1.54, 1.807) is 11.0 Å². The highest BCUT2D eigenvalue weighted by atomic mass is 32.2. The molecular weight excluding hydrogens is 354 g/mol. The first-order chi connectivity index (χ1) is 12.6. The Labute approximate surface area is 154 Å². The number of rotatable bonds is 3. The average Bonchev–Trinajstić information content (AvgIpc) is 3.16. The lowest BCUT2D eigenvalue weighted by Gasteiger charge is -2.27. The summed E-state index contributed by atoms with van der Waals surface area (Å²) in [5, 5.41) is 2.82. The second kappa shape index (κ2) is 6.97. The highest BCUT2D eigenvalue weighted by molar-refractivity contribution is 8.18. The van der Waals surface area contributed by atoms with Crippen LogP contribution >= 0.6 is 11.8 Å². The van der Waals surface area contributed by atoms with Crippen LogP contribution in [0.1, 0.15) is 5.56 Å². The minimum Gasteiger partial charge on any atom is -0.378 e. The van der Waals surface area contributed by atoms with Crippen molar-refractivity contribution in [3.63, 3.8) is 0 Å². The van der Waals surface area contributed by atoms with Crippen molar-refractivity contribution >= 4 is 45.8 Å². The molecule has 26 heavy (non-hydrogen) atoms. The van der Waals surface area contributed by atoms with E-state index in [4.69, 9.17) is 4.74 Å². The molecule has 4 rings (SSSR count). The number of thioether (sulfide) groups is 1. The van der Waals surface area contributed by atoms with Gasteiger partial charge in [0.15, 0.2) is 0 Å². The summed E-state index contributed by atoms with van der Waals surface area (Å²) in [5.41, 5.74) is 1.72. The first-order valence-corrected chi connectivity index (χ1v) is 9.12. The maximum Gasteiger partial charge on any atom is 0.290 e. The van der Waals surface area contributed by atoms with Crippen LogP contribution in [0.4, 0.5) is 4.79 Å². The van der Waals surface area contributed by atoms with Crippen molar-refractivity contribution in [2.75, 3.05) is 26.3 Å². The van der Waals surface area contributed by atoms with E-state index in [9.17, 15) is 14.4 Å². The van der Waals surface area contributed by atoms with Gasteiger partial charge in [-0.1, -0.05) is 18.2 Å². The fourth-order valence-corrected chi connectivity index (χ4v) is 3.81. The Kier molecular flexibility index (Phi) is 4.52. The van der Waals surface area contributed by atoms with Gasteiger partial charge in [-0.15, -0.1) is 0 Å². The van der Waals surface area contributed by atoms with E-state index in [1.807, 2.05) is 35.0 Å². The number of carbonyl (C=O) groups excluding carboxylic acids is 3. The minimum atomic E-state index is -0.388. The summed E-state index contributed by atoms with van der Waals surface area (Å²) in [5.74, 6) is -0.349. The molecule has 2 aliphatic heterocycles. The predicted octanol–water partition coefficient (Wildman–Crippen LogP) is 1.82. The van der Waals surface area contributed by atoms with E-state index in [2.05, 4.69) is 5.32 Å². The van der Waals surface area contributed by atoms with Gasteiger partial charge in [0.25, 0.3) is 11.1 Å². The summed E-state index contributed by atoms with van der Waals surface area (Å²) in [6, 6.07) is 7.70. The van der Waals surface area contributed by atoms with E-state index >= 15 is 0 Å². The highest BCUT2D eigenvalue weighted by Gasteiger charge is 2.25. The predicted molar refractivity (Wildman–Crippen MR) is 98.4 cm³/mol. The van der Waals surface area contributed by atoms with Crippen molar-refractivity contribution in [1.82, 2.24) is 14.8 Å². The summed E-state index contributed by atoms with van der Waals surface area (Å²) in [7, 11) is 0. The molecule has 0 aliphatic carbocycles. The molecule has 7 nitrogen and oxygen atoms in total. The number of morpholine rings is 1. The van der Waals surface area contributed by atoms with E-state index in [0.29, 0.717) is 31.2 Å². The van der Waals surface area contributed by atoms with Gasteiger partial charge in [0.2, 0.25) is 5.91 Å². The number of imide groups is 1. The number of benzene rings is 1. The molecule has 1 aromatic heterocycles. The van der Waals surface area contributed by atoms with Gasteiger partial charge < -0.3 is 14.2 Å². The second-order valence-electron chi connectivity index (χ2n) is 6.07. The molecule has 0 atom stereocenters. The molecule has 3 amide bonds. The van der Waals surface area contributed by atoms with Crippen molar-refractivity contribution in [3.8, 4) is 0 Å². The Morgan fingerprint density at radius 1 is 1.23 bits per heavy atom. The molecule has 0 spiro atoms. The molecule has 2 fully saturated rings. The summed E-state index contributed by atoms with van der Waals surface area (Å²) >= 11 is 0.886. The van der Waals surface area contributed by atoms with E-state index in [-0.39, 0.29) is 23.6 Å². The number of carbonyl (C=O) groups is 3. The summed E-state index contributed by atoms with van der Waals surface area (Å²) < 4.78 is 7.18. The largest absolute Gasteiger partial charge is 0.378 e. The summed E-state index contributed by atoms with van der Waals surface area (Å²) in [6.07, 6.45) is 3.55. The molecular formula is C18H17N3O4S. The molecule has 134 valence electrons. The van der Waals surface area contributed by atoms with Crippen molar-refractivity contribution in [1.29, 1.82) is 0 Å². The van der Waals surface area contributed by atoms with Crippen molar-refractivity contribution in [2.45, 2.75) is 6.54 Å². The smallest absolute Gasteiger partial charge is 0.290 e. The van der Waals surface area contributed by atoms with E-state index < -0.39 is 0 Å². The van der Waals surface area contributed by atoms with Crippen LogP contribution in [0, 0.1) is 0 Å². The van der Waals surface area contributed by atoms with Crippen LogP contribution in [0.15, 0.2) is 35.4 Å². The molecule has 1 N–H and O–H groups in total. The lowest BCUT2D eigenvalue weighted by atomic mass is 10.1. The lowest BCUT2D eigenvalue weighted by molar-refractivity contribution is -0.135. The van der Waals surface area contributed by atoms with Crippen LogP contribution in [0.2, 0.25) is 0 Å².